The van der Waals surface area contributed by atoms with E-state index in [-0.39, 0.29) is 11.3 Å². The van der Waals surface area contributed by atoms with Crippen LogP contribution in [-0.4, -0.2) is 38.5 Å². The van der Waals surface area contributed by atoms with Gasteiger partial charge in [0.25, 0.3) is 0 Å². The number of carboxylic acid groups (broad SMARTS) is 1. The normalized spacial score (nSPS) is 11.8. The van der Waals surface area contributed by atoms with E-state index in [0.717, 1.165) is 11.9 Å². The second kappa shape index (κ2) is 5.93. The molecule has 2 heterocycles. The molecular weight excluding hydrogens is 290 g/mol. The Labute approximate surface area is 127 Å². The Bertz CT molecular complexity index is 667. The number of hydrogen-bond donors (Lipinski definition) is 1. The van der Waals surface area contributed by atoms with Gasteiger partial charge in [-0.25, -0.2) is 4.98 Å². The van der Waals surface area contributed by atoms with E-state index in [2.05, 4.69) is 30.7 Å². The lowest BCUT2D eigenvalue weighted by Crippen LogP contribution is -2.26. The first-order valence-electron chi connectivity index (χ1n) is 6.67. The highest BCUT2D eigenvalue weighted by Gasteiger charge is 2.26. The summed E-state index contributed by atoms with van der Waals surface area (Å²) >= 11 is 1.21. The maximum atomic E-state index is 10.8. The Hall–Kier alpha value is -1.76. The smallest absolute Gasteiger partial charge is 0.313 e. The number of carboxylic acids is 1. The summed E-state index contributed by atoms with van der Waals surface area (Å²) < 4.78 is 7.18. The van der Waals surface area contributed by atoms with Crippen LogP contribution in [0.25, 0.3) is 11.2 Å². The molecule has 6 nitrogen and oxygen atoms in total. The van der Waals surface area contributed by atoms with Gasteiger partial charge in [0.1, 0.15) is 5.52 Å². The van der Waals surface area contributed by atoms with Gasteiger partial charge in [-0.15, -0.1) is 0 Å². The van der Waals surface area contributed by atoms with Crippen molar-refractivity contribution in [1.29, 1.82) is 0 Å². The third-order valence-corrected chi connectivity index (χ3v) is 4.38. The maximum absolute atomic E-state index is 10.8. The molecule has 0 amide bonds. The van der Waals surface area contributed by atoms with Gasteiger partial charge in [-0.05, 0) is 26.3 Å². The third kappa shape index (κ3) is 3.12. The minimum atomic E-state index is -0.863. The van der Waals surface area contributed by atoms with E-state index in [1.54, 1.807) is 13.2 Å². The zero-order valence-electron chi connectivity index (χ0n) is 12.6. The predicted octanol–water partition coefficient (Wildman–Crippen LogP) is 2.76. The molecule has 2 aromatic rings. The average molecular weight is 309 g/mol. The van der Waals surface area contributed by atoms with Crippen LogP contribution in [-0.2, 0) is 10.3 Å². The Morgan fingerprint density at radius 1 is 1.43 bits per heavy atom. The number of carbonyl (C=O) groups is 1. The minimum absolute atomic E-state index is 0.0275. The van der Waals surface area contributed by atoms with Gasteiger partial charge in [0, 0.05) is 11.6 Å². The van der Waals surface area contributed by atoms with Crippen molar-refractivity contribution in [3.63, 3.8) is 0 Å². The molecule has 0 saturated carbocycles. The Kier molecular flexibility index (Phi) is 4.41. The van der Waals surface area contributed by atoms with E-state index in [9.17, 15) is 4.79 Å². The van der Waals surface area contributed by atoms with Crippen LogP contribution in [0.4, 0.5) is 0 Å². The molecule has 21 heavy (non-hydrogen) atoms. The largest absolute Gasteiger partial charge is 0.481 e. The van der Waals surface area contributed by atoms with Crippen LogP contribution in [0.15, 0.2) is 17.3 Å². The van der Waals surface area contributed by atoms with Crippen LogP contribution in [0, 0.1) is 0 Å². The molecule has 7 heteroatoms. The quantitative estimate of drug-likeness (QED) is 0.827. The van der Waals surface area contributed by atoms with Crippen LogP contribution in [0.2, 0.25) is 0 Å². The second-order valence-corrected chi connectivity index (χ2v) is 6.22. The summed E-state index contributed by atoms with van der Waals surface area (Å²) in [7, 11) is 1.57. The van der Waals surface area contributed by atoms with Crippen molar-refractivity contribution in [2.45, 2.75) is 37.9 Å². The molecule has 0 atom stereocenters. The standard InChI is InChI=1S/C14H19N3O3S/c1-5-14(2,3)17-12-9(6-7-10(16-12)20-4)15-13(17)21-8-11(18)19/h6-7H,5,8H2,1-4H3,(H,18,19). The van der Waals surface area contributed by atoms with Gasteiger partial charge in [-0.2, -0.15) is 4.98 Å². The van der Waals surface area contributed by atoms with Crippen molar-refractivity contribution in [3.8, 4) is 5.88 Å². The monoisotopic (exact) mass is 309 g/mol. The molecule has 0 radical (unpaired) electrons. The molecule has 0 unspecified atom stereocenters. The molecule has 0 aliphatic heterocycles. The molecule has 0 aromatic carbocycles. The Morgan fingerprint density at radius 2 is 2.14 bits per heavy atom. The number of rotatable bonds is 6. The molecule has 0 spiro atoms. The number of aliphatic carboxylic acids is 1. The summed E-state index contributed by atoms with van der Waals surface area (Å²) in [6, 6.07) is 3.60. The SMILES string of the molecule is CCC(C)(C)n1c(SCC(=O)O)nc2ccc(OC)nc21. The van der Waals surface area contributed by atoms with Crippen LogP contribution in [0.5, 0.6) is 5.88 Å². The molecule has 0 fully saturated rings. The van der Waals surface area contributed by atoms with E-state index in [1.807, 2.05) is 10.6 Å². The number of thioether (sulfide) groups is 1. The van der Waals surface area contributed by atoms with Gasteiger partial charge in [0.05, 0.1) is 12.9 Å². The summed E-state index contributed by atoms with van der Waals surface area (Å²) in [4.78, 5) is 19.8. The molecular formula is C14H19N3O3S. The van der Waals surface area contributed by atoms with Crippen molar-refractivity contribution in [2.75, 3.05) is 12.9 Å². The molecule has 1 N–H and O–H groups in total. The molecule has 0 bridgehead atoms. The lowest BCUT2D eigenvalue weighted by molar-refractivity contribution is -0.133. The third-order valence-electron chi connectivity index (χ3n) is 3.45. The summed E-state index contributed by atoms with van der Waals surface area (Å²) in [6.07, 6.45) is 0.873. The fourth-order valence-electron chi connectivity index (χ4n) is 1.96. The van der Waals surface area contributed by atoms with Crippen molar-refractivity contribution >= 4 is 28.9 Å². The van der Waals surface area contributed by atoms with Gasteiger partial charge in [-0.3, -0.25) is 9.36 Å². The first kappa shape index (κ1) is 15.6. The van der Waals surface area contributed by atoms with Crippen LogP contribution in [0.3, 0.4) is 0 Å². The lowest BCUT2D eigenvalue weighted by Gasteiger charge is -2.27. The Morgan fingerprint density at radius 3 is 2.71 bits per heavy atom. The van der Waals surface area contributed by atoms with Crippen molar-refractivity contribution < 1.29 is 14.6 Å². The summed E-state index contributed by atoms with van der Waals surface area (Å²) in [5.41, 5.74) is 1.24. The predicted molar refractivity (Wildman–Crippen MR) is 82.1 cm³/mol. The van der Waals surface area contributed by atoms with E-state index < -0.39 is 5.97 Å². The number of aromatic nitrogens is 3. The lowest BCUT2D eigenvalue weighted by atomic mass is 10.0. The first-order chi connectivity index (χ1) is 9.89. The van der Waals surface area contributed by atoms with E-state index in [0.29, 0.717) is 16.7 Å². The van der Waals surface area contributed by atoms with Gasteiger partial charge in [-0.1, -0.05) is 18.7 Å². The molecule has 0 saturated heterocycles. The molecule has 2 aromatic heterocycles. The van der Waals surface area contributed by atoms with Crippen molar-refractivity contribution in [2.24, 2.45) is 0 Å². The first-order valence-corrected chi connectivity index (χ1v) is 7.66. The highest BCUT2D eigenvalue weighted by Crippen LogP contribution is 2.32. The summed E-state index contributed by atoms with van der Waals surface area (Å²) in [5.74, 6) is -0.371. The fraction of sp³-hybridized carbons (Fsp3) is 0.500. The zero-order chi connectivity index (χ0) is 15.6. The topological polar surface area (TPSA) is 77.2 Å². The molecule has 0 aliphatic rings. The fourth-order valence-corrected chi connectivity index (χ4v) is 2.84. The van der Waals surface area contributed by atoms with Crippen LogP contribution >= 0.6 is 11.8 Å². The van der Waals surface area contributed by atoms with Gasteiger partial charge >= 0.3 is 5.97 Å². The molecule has 2 rings (SSSR count). The van der Waals surface area contributed by atoms with Crippen molar-refractivity contribution in [3.05, 3.63) is 12.1 Å². The number of methoxy groups -OCH3 is 1. The summed E-state index contributed by atoms with van der Waals surface area (Å²) in [5, 5.41) is 9.56. The van der Waals surface area contributed by atoms with Gasteiger partial charge in [0.2, 0.25) is 5.88 Å². The second-order valence-electron chi connectivity index (χ2n) is 5.27. The van der Waals surface area contributed by atoms with Gasteiger partial charge < -0.3 is 9.84 Å². The number of nitrogens with zero attached hydrogens (tertiary/aromatic N) is 3. The number of ether oxygens (including phenoxy) is 1. The molecule has 114 valence electrons. The minimum Gasteiger partial charge on any atom is -0.481 e. The van der Waals surface area contributed by atoms with Crippen LogP contribution < -0.4 is 4.74 Å². The highest BCUT2D eigenvalue weighted by atomic mass is 32.2. The van der Waals surface area contributed by atoms with E-state index in [1.165, 1.54) is 11.8 Å². The number of imidazole rings is 1. The highest BCUT2D eigenvalue weighted by molar-refractivity contribution is 7.99. The van der Waals surface area contributed by atoms with Crippen molar-refractivity contribution in [1.82, 2.24) is 14.5 Å². The van der Waals surface area contributed by atoms with E-state index in [4.69, 9.17) is 9.84 Å². The zero-order valence-corrected chi connectivity index (χ0v) is 13.4. The number of pyridine rings is 1. The number of hydrogen-bond acceptors (Lipinski definition) is 5. The van der Waals surface area contributed by atoms with Crippen LogP contribution in [0.1, 0.15) is 27.2 Å². The van der Waals surface area contributed by atoms with Gasteiger partial charge in [0.15, 0.2) is 10.8 Å². The maximum Gasteiger partial charge on any atom is 0.313 e. The average Bonchev–Trinajstić information content (AvgIpc) is 2.82. The summed E-state index contributed by atoms with van der Waals surface area (Å²) in [6.45, 7) is 6.25. The number of fused-ring (bicyclic) bond motifs is 1. The Balaban J connectivity index is 2.61. The van der Waals surface area contributed by atoms with E-state index >= 15 is 0 Å². The molecule has 0 aliphatic carbocycles.